The molecule has 2 aliphatic carbocycles. The molecule has 2 saturated carbocycles. The molecular weight excluding hydrogens is 432 g/mol. The fourth-order valence-electron chi connectivity index (χ4n) is 5.06. The second kappa shape index (κ2) is 8.82. The first-order chi connectivity index (χ1) is 15.2. The molecule has 0 radical (unpaired) electrons. The maximum absolute atomic E-state index is 13.3. The molecule has 1 heterocycles. The lowest BCUT2D eigenvalue weighted by atomic mass is 9.96. The minimum Gasteiger partial charge on any atom is -0.323 e. The number of carbonyl (C=O) groups is 3. The zero-order valence-electron chi connectivity index (χ0n) is 18.3. The third kappa shape index (κ3) is 4.13. The van der Waals surface area contributed by atoms with Crippen molar-refractivity contribution in [2.45, 2.75) is 74.3 Å². The van der Waals surface area contributed by atoms with Crippen LogP contribution in [0.15, 0.2) is 29.2 Å². The smallest absolute Gasteiger partial charge is 0.323 e. The second-order valence-corrected chi connectivity index (χ2v) is 10.9. The predicted octanol–water partition coefficient (Wildman–Crippen LogP) is 2.44. The Labute approximate surface area is 188 Å². The van der Waals surface area contributed by atoms with Crippen molar-refractivity contribution < 1.29 is 22.8 Å². The molecule has 10 heteroatoms. The molecule has 1 aliphatic heterocycles. The number of benzene rings is 1. The highest BCUT2D eigenvalue weighted by Gasteiger charge is 2.52. The van der Waals surface area contributed by atoms with Crippen LogP contribution in [0.25, 0.3) is 0 Å². The number of para-hydroxylation sites is 1. The van der Waals surface area contributed by atoms with Gasteiger partial charge in [0.2, 0.25) is 15.9 Å². The van der Waals surface area contributed by atoms with Crippen LogP contribution in [-0.2, 0) is 19.6 Å². The van der Waals surface area contributed by atoms with Gasteiger partial charge in [0.15, 0.2) is 0 Å². The fraction of sp³-hybridized carbons (Fsp3) is 0.591. The molecule has 9 nitrogen and oxygen atoms in total. The van der Waals surface area contributed by atoms with Gasteiger partial charge in [0.1, 0.15) is 17.0 Å². The van der Waals surface area contributed by atoms with Gasteiger partial charge in [-0.3, -0.25) is 14.5 Å². The van der Waals surface area contributed by atoms with Crippen molar-refractivity contribution in [3.63, 3.8) is 0 Å². The average molecular weight is 463 g/mol. The molecule has 0 atom stereocenters. The van der Waals surface area contributed by atoms with Gasteiger partial charge in [0.25, 0.3) is 5.91 Å². The van der Waals surface area contributed by atoms with Crippen molar-refractivity contribution in [2.75, 3.05) is 18.9 Å². The summed E-state index contributed by atoms with van der Waals surface area (Å²) in [6.45, 7) is -0.459. The van der Waals surface area contributed by atoms with Gasteiger partial charge in [-0.15, -0.1) is 0 Å². The van der Waals surface area contributed by atoms with E-state index < -0.39 is 34.0 Å². The van der Waals surface area contributed by atoms with E-state index in [1.165, 1.54) is 16.4 Å². The van der Waals surface area contributed by atoms with Crippen molar-refractivity contribution in [2.24, 2.45) is 0 Å². The zero-order chi connectivity index (χ0) is 22.9. The van der Waals surface area contributed by atoms with E-state index in [1.54, 1.807) is 19.2 Å². The summed E-state index contributed by atoms with van der Waals surface area (Å²) in [6.07, 6.45) is 7.59. The summed E-state index contributed by atoms with van der Waals surface area (Å²) in [4.78, 5) is 38.8. The molecular formula is C22H30N4O5S. The summed E-state index contributed by atoms with van der Waals surface area (Å²) < 4.78 is 28.0. The van der Waals surface area contributed by atoms with Crippen molar-refractivity contribution in [3.05, 3.63) is 24.3 Å². The Balaban J connectivity index is 1.49. The van der Waals surface area contributed by atoms with E-state index in [0.29, 0.717) is 12.8 Å². The van der Waals surface area contributed by atoms with Crippen LogP contribution in [0.2, 0.25) is 0 Å². The van der Waals surface area contributed by atoms with Crippen LogP contribution >= 0.6 is 0 Å². The first-order valence-electron chi connectivity index (χ1n) is 11.3. The van der Waals surface area contributed by atoms with Crippen molar-refractivity contribution >= 4 is 33.6 Å². The largest absolute Gasteiger partial charge is 0.325 e. The van der Waals surface area contributed by atoms with Crippen LogP contribution in [0, 0.1) is 0 Å². The van der Waals surface area contributed by atoms with Gasteiger partial charge >= 0.3 is 6.03 Å². The number of anilines is 1. The maximum Gasteiger partial charge on any atom is 0.325 e. The number of nitrogens with one attached hydrogen (secondary N) is 2. The lowest BCUT2D eigenvalue weighted by Crippen LogP contribution is -2.44. The molecule has 174 valence electrons. The summed E-state index contributed by atoms with van der Waals surface area (Å²) in [5, 5.41) is 5.34. The Morgan fingerprint density at radius 3 is 2.47 bits per heavy atom. The highest BCUT2D eigenvalue weighted by molar-refractivity contribution is 7.89. The topological polar surface area (TPSA) is 116 Å². The van der Waals surface area contributed by atoms with Gasteiger partial charge in [-0.1, -0.05) is 44.2 Å². The molecule has 1 spiro atoms. The minimum atomic E-state index is -3.82. The number of amides is 4. The second-order valence-electron chi connectivity index (χ2n) is 8.97. The molecule has 3 fully saturated rings. The number of rotatable bonds is 6. The average Bonchev–Trinajstić information content (AvgIpc) is 3.34. The van der Waals surface area contributed by atoms with Crippen LogP contribution in [-0.4, -0.2) is 60.6 Å². The molecule has 1 aromatic rings. The molecule has 1 saturated heterocycles. The number of sulfonamides is 1. The van der Waals surface area contributed by atoms with Crippen LogP contribution in [0.4, 0.5) is 10.5 Å². The first kappa shape index (κ1) is 22.7. The molecule has 32 heavy (non-hydrogen) atoms. The van der Waals surface area contributed by atoms with Gasteiger partial charge in [-0.05, 0) is 37.8 Å². The van der Waals surface area contributed by atoms with Crippen molar-refractivity contribution in [1.82, 2.24) is 14.5 Å². The van der Waals surface area contributed by atoms with Gasteiger partial charge in [0.05, 0.1) is 5.69 Å². The Bertz CT molecular complexity index is 1010. The fourth-order valence-corrected chi connectivity index (χ4v) is 6.62. The molecule has 0 bridgehead atoms. The van der Waals surface area contributed by atoms with E-state index >= 15 is 0 Å². The van der Waals surface area contributed by atoms with E-state index in [4.69, 9.17) is 0 Å². The normalized spacial score (nSPS) is 21.4. The molecule has 4 amide bonds. The molecule has 0 unspecified atom stereocenters. The molecule has 3 aliphatic rings. The summed E-state index contributed by atoms with van der Waals surface area (Å²) in [6, 6.07) is 5.58. The number of imide groups is 1. The summed E-state index contributed by atoms with van der Waals surface area (Å²) >= 11 is 0. The highest BCUT2D eigenvalue weighted by Crippen LogP contribution is 2.35. The minimum absolute atomic E-state index is 0.00545. The van der Waals surface area contributed by atoms with Gasteiger partial charge in [0, 0.05) is 13.1 Å². The van der Waals surface area contributed by atoms with E-state index in [0.717, 1.165) is 49.8 Å². The quantitative estimate of drug-likeness (QED) is 0.630. The Kier molecular flexibility index (Phi) is 6.26. The van der Waals surface area contributed by atoms with Crippen molar-refractivity contribution in [1.29, 1.82) is 0 Å². The van der Waals surface area contributed by atoms with Gasteiger partial charge in [-0.2, -0.15) is 4.31 Å². The van der Waals surface area contributed by atoms with Crippen LogP contribution in [0.3, 0.4) is 0 Å². The molecule has 0 aromatic heterocycles. The van der Waals surface area contributed by atoms with E-state index in [-0.39, 0.29) is 22.5 Å². The SMILES string of the molecule is CN(C1CCCCC1)S(=O)(=O)c1ccccc1NC(=O)CN1C(=O)NC2(CCCC2)C1=O. The first-order valence-corrected chi connectivity index (χ1v) is 12.7. The molecule has 1 aromatic carbocycles. The highest BCUT2D eigenvalue weighted by atomic mass is 32.2. The Hall–Kier alpha value is -2.46. The van der Waals surface area contributed by atoms with E-state index in [2.05, 4.69) is 10.6 Å². The number of urea groups is 1. The Morgan fingerprint density at radius 1 is 1.12 bits per heavy atom. The number of nitrogens with zero attached hydrogens (tertiary/aromatic N) is 2. The third-order valence-electron chi connectivity index (χ3n) is 6.91. The molecule has 4 rings (SSSR count). The van der Waals surface area contributed by atoms with Crippen LogP contribution < -0.4 is 10.6 Å². The number of hydrogen-bond acceptors (Lipinski definition) is 5. The van der Waals surface area contributed by atoms with E-state index in [1.807, 2.05) is 0 Å². The van der Waals surface area contributed by atoms with Crippen LogP contribution in [0.5, 0.6) is 0 Å². The lowest BCUT2D eigenvalue weighted by Gasteiger charge is -2.31. The molecule has 2 N–H and O–H groups in total. The predicted molar refractivity (Wildman–Crippen MR) is 118 cm³/mol. The van der Waals surface area contributed by atoms with Crippen LogP contribution in [0.1, 0.15) is 57.8 Å². The van der Waals surface area contributed by atoms with E-state index in [9.17, 15) is 22.8 Å². The maximum atomic E-state index is 13.3. The third-order valence-corrected chi connectivity index (χ3v) is 8.88. The number of hydrogen-bond donors (Lipinski definition) is 2. The summed E-state index contributed by atoms with van der Waals surface area (Å²) in [5.41, 5.74) is -0.746. The monoisotopic (exact) mass is 462 g/mol. The standard InChI is InChI=1S/C22H30N4O5S/c1-25(16-9-3-2-4-10-16)32(30,31)18-12-6-5-11-17(18)23-19(27)15-26-20(28)22(24-21(26)29)13-7-8-14-22/h5-6,11-12,16H,2-4,7-10,13-15H2,1H3,(H,23,27)(H,24,29). The van der Waals surface area contributed by atoms with Gasteiger partial charge < -0.3 is 10.6 Å². The zero-order valence-corrected chi connectivity index (χ0v) is 19.1. The van der Waals surface area contributed by atoms with Crippen molar-refractivity contribution in [3.8, 4) is 0 Å². The van der Waals surface area contributed by atoms with Gasteiger partial charge in [-0.25, -0.2) is 13.2 Å². The number of carbonyl (C=O) groups excluding carboxylic acids is 3. The lowest BCUT2D eigenvalue weighted by molar-refractivity contribution is -0.133. The summed E-state index contributed by atoms with van der Waals surface area (Å²) in [7, 11) is -2.24. The Morgan fingerprint density at radius 2 is 1.78 bits per heavy atom. The summed E-state index contributed by atoms with van der Waals surface area (Å²) in [5.74, 6) is -1.00.